The second kappa shape index (κ2) is 9.61. The predicted molar refractivity (Wildman–Crippen MR) is 140 cm³/mol. The Balaban J connectivity index is 1.44. The molecule has 4 aromatic carbocycles. The van der Waals surface area contributed by atoms with Crippen molar-refractivity contribution in [3.8, 4) is 0 Å². The fraction of sp³-hybridized carbons (Fsp3) is 0.0333. The van der Waals surface area contributed by atoms with Crippen LogP contribution in [-0.4, -0.2) is 17.6 Å². The fourth-order valence-corrected chi connectivity index (χ4v) is 3.85. The van der Waals surface area contributed by atoms with Gasteiger partial charge in [-0.15, -0.1) is 0 Å². The maximum Gasteiger partial charge on any atom is 0.282 e. The van der Waals surface area contributed by atoms with Crippen LogP contribution in [0.2, 0.25) is 0 Å². The van der Waals surface area contributed by atoms with Crippen LogP contribution in [0.5, 0.6) is 0 Å². The van der Waals surface area contributed by atoms with Gasteiger partial charge >= 0.3 is 0 Å². The van der Waals surface area contributed by atoms with Crippen molar-refractivity contribution in [2.45, 2.75) is 6.92 Å². The van der Waals surface area contributed by atoms with Crippen molar-refractivity contribution in [3.05, 3.63) is 137 Å². The van der Waals surface area contributed by atoms with E-state index in [-0.39, 0.29) is 11.8 Å². The van der Waals surface area contributed by atoms with Gasteiger partial charge in [0.2, 0.25) is 0 Å². The van der Waals surface area contributed by atoms with Crippen LogP contribution < -0.4 is 10.2 Å². The number of rotatable bonds is 5. The summed E-state index contributed by atoms with van der Waals surface area (Å²) in [6.45, 7) is 2.00. The first-order chi connectivity index (χ1) is 17.1. The number of aliphatic imine (C=N–C) groups is 1. The summed E-state index contributed by atoms with van der Waals surface area (Å²) < 4.78 is 0. The molecule has 170 valence electrons. The molecule has 0 atom stereocenters. The largest absolute Gasteiger partial charge is 0.322 e. The molecule has 0 aromatic heterocycles. The summed E-state index contributed by atoms with van der Waals surface area (Å²) >= 11 is 0. The number of aryl methyl sites for hydroxylation is 1. The van der Waals surface area contributed by atoms with E-state index in [0.29, 0.717) is 22.8 Å². The third kappa shape index (κ3) is 4.80. The summed E-state index contributed by atoms with van der Waals surface area (Å²) in [4.78, 5) is 32.4. The molecule has 0 saturated carbocycles. The number of carbonyl (C=O) groups excluding carboxylic acids is 2. The summed E-state index contributed by atoms with van der Waals surface area (Å²) in [5, 5.41) is 2.90. The van der Waals surface area contributed by atoms with Crippen LogP contribution in [0.4, 0.5) is 11.4 Å². The van der Waals surface area contributed by atoms with Crippen LogP contribution in [0, 0.1) is 6.92 Å². The van der Waals surface area contributed by atoms with Crippen molar-refractivity contribution in [1.82, 2.24) is 0 Å². The van der Waals surface area contributed by atoms with Crippen LogP contribution in [0.25, 0.3) is 6.08 Å². The maximum absolute atomic E-state index is 13.4. The highest BCUT2D eigenvalue weighted by Crippen LogP contribution is 2.28. The minimum absolute atomic E-state index is 0.213. The first-order valence-electron chi connectivity index (χ1n) is 11.3. The molecule has 1 heterocycles. The maximum atomic E-state index is 13.4. The van der Waals surface area contributed by atoms with Crippen LogP contribution in [0.15, 0.2) is 120 Å². The molecule has 5 heteroatoms. The van der Waals surface area contributed by atoms with Gasteiger partial charge in [-0.3, -0.25) is 14.5 Å². The summed E-state index contributed by atoms with van der Waals surface area (Å²) in [6.07, 6.45) is 1.79. The van der Waals surface area contributed by atoms with Crippen molar-refractivity contribution >= 4 is 35.1 Å². The first kappa shape index (κ1) is 22.0. The van der Waals surface area contributed by atoms with Gasteiger partial charge in [0, 0.05) is 16.8 Å². The van der Waals surface area contributed by atoms with Gasteiger partial charge in [0.25, 0.3) is 11.8 Å². The van der Waals surface area contributed by atoms with E-state index in [0.717, 1.165) is 22.4 Å². The lowest BCUT2D eigenvalue weighted by molar-refractivity contribution is -0.113. The van der Waals surface area contributed by atoms with Crippen LogP contribution in [0.3, 0.4) is 0 Å². The van der Waals surface area contributed by atoms with Crippen molar-refractivity contribution in [2.75, 3.05) is 10.2 Å². The van der Waals surface area contributed by atoms with Gasteiger partial charge in [-0.25, -0.2) is 4.99 Å². The molecule has 0 aliphatic carbocycles. The molecule has 0 bridgehead atoms. The van der Waals surface area contributed by atoms with E-state index >= 15 is 0 Å². The highest BCUT2D eigenvalue weighted by Gasteiger charge is 2.32. The van der Waals surface area contributed by atoms with E-state index in [4.69, 9.17) is 0 Å². The smallest absolute Gasteiger partial charge is 0.282 e. The second-order valence-electron chi connectivity index (χ2n) is 8.25. The molecule has 35 heavy (non-hydrogen) atoms. The van der Waals surface area contributed by atoms with E-state index in [1.54, 1.807) is 35.2 Å². The number of nitrogens with one attached hydrogen (secondary N) is 1. The van der Waals surface area contributed by atoms with E-state index in [1.165, 1.54) is 0 Å². The Hall–Kier alpha value is -4.77. The highest BCUT2D eigenvalue weighted by atomic mass is 16.2. The van der Waals surface area contributed by atoms with Gasteiger partial charge in [0.05, 0.1) is 5.69 Å². The van der Waals surface area contributed by atoms with Gasteiger partial charge in [-0.1, -0.05) is 78.4 Å². The zero-order valence-electron chi connectivity index (χ0n) is 19.2. The van der Waals surface area contributed by atoms with Gasteiger partial charge in [0.1, 0.15) is 11.5 Å². The van der Waals surface area contributed by atoms with Gasteiger partial charge < -0.3 is 5.32 Å². The number of hydrogen-bond acceptors (Lipinski definition) is 3. The number of hydrogen-bond donors (Lipinski definition) is 1. The lowest BCUT2D eigenvalue weighted by atomic mass is 10.1. The molecule has 4 aromatic rings. The molecule has 5 rings (SSSR count). The number of benzene rings is 4. The number of anilines is 2. The molecular formula is C30H23N3O2. The Morgan fingerprint density at radius 3 is 2.09 bits per heavy atom. The molecule has 0 spiro atoms. The van der Waals surface area contributed by atoms with Crippen LogP contribution in [-0.2, 0) is 4.79 Å². The van der Waals surface area contributed by atoms with Gasteiger partial charge in [-0.05, 0) is 55.0 Å². The third-order valence-corrected chi connectivity index (χ3v) is 5.69. The SMILES string of the molecule is Cc1ccc(NC(=O)c2ccc(N3C(=O)C(=Cc4ccccc4)N=C3c3ccccc3)cc2)cc1. The molecular weight excluding hydrogens is 434 g/mol. The summed E-state index contributed by atoms with van der Waals surface area (Å²) in [6, 6.07) is 33.8. The quantitative estimate of drug-likeness (QED) is 0.369. The predicted octanol–water partition coefficient (Wildman–Crippen LogP) is 6.08. The third-order valence-electron chi connectivity index (χ3n) is 5.69. The topological polar surface area (TPSA) is 61.8 Å². The van der Waals surface area contributed by atoms with E-state index in [1.807, 2.05) is 91.9 Å². The molecule has 1 aliphatic heterocycles. The van der Waals surface area contributed by atoms with Crippen molar-refractivity contribution < 1.29 is 9.59 Å². The number of nitrogens with zero attached hydrogens (tertiary/aromatic N) is 2. The van der Waals surface area contributed by atoms with Gasteiger partial charge in [-0.2, -0.15) is 0 Å². The minimum Gasteiger partial charge on any atom is -0.322 e. The Bertz CT molecular complexity index is 1420. The highest BCUT2D eigenvalue weighted by molar-refractivity contribution is 6.33. The molecule has 1 aliphatic rings. The lowest BCUT2D eigenvalue weighted by Crippen LogP contribution is -2.32. The monoisotopic (exact) mass is 457 g/mol. The average molecular weight is 458 g/mol. The van der Waals surface area contributed by atoms with Crippen molar-refractivity contribution in [2.24, 2.45) is 4.99 Å². The average Bonchev–Trinajstić information content (AvgIpc) is 3.22. The van der Waals surface area contributed by atoms with Crippen LogP contribution in [0.1, 0.15) is 27.0 Å². The molecule has 5 nitrogen and oxygen atoms in total. The Labute approximate surface area is 204 Å². The lowest BCUT2D eigenvalue weighted by Gasteiger charge is -2.19. The standard InChI is InChI=1S/C30H23N3O2/c1-21-12-16-25(17-13-21)31-29(34)24-14-18-26(19-15-24)33-28(23-10-6-3-7-11-23)32-27(30(33)35)20-22-8-4-2-5-9-22/h2-20H,1H3,(H,31,34). The zero-order chi connectivity index (χ0) is 24.2. The van der Waals surface area contributed by atoms with E-state index in [2.05, 4.69) is 10.3 Å². The summed E-state index contributed by atoms with van der Waals surface area (Å²) in [5.41, 5.74) is 5.08. The summed E-state index contributed by atoms with van der Waals surface area (Å²) in [7, 11) is 0. The molecule has 1 N–H and O–H groups in total. The van der Waals surface area contributed by atoms with E-state index < -0.39 is 0 Å². The fourth-order valence-electron chi connectivity index (χ4n) is 3.85. The Morgan fingerprint density at radius 1 is 0.800 bits per heavy atom. The second-order valence-corrected chi connectivity index (χ2v) is 8.25. The number of carbonyl (C=O) groups is 2. The van der Waals surface area contributed by atoms with Crippen molar-refractivity contribution in [1.29, 1.82) is 0 Å². The Morgan fingerprint density at radius 2 is 1.43 bits per heavy atom. The summed E-state index contributed by atoms with van der Waals surface area (Å²) in [5.74, 6) is 0.119. The normalized spacial score (nSPS) is 14.2. The first-order valence-corrected chi connectivity index (χ1v) is 11.3. The molecule has 2 amide bonds. The molecule has 0 fully saturated rings. The van der Waals surface area contributed by atoms with Crippen molar-refractivity contribution in [3.63, 3.8) is 0 Å². The molecule has 0 radical (unpaired) electrons. The molecule has 0 saturated heterocycles. The van der Waals surface area contributed by atoms with E-state index in [9.17, 15) is 9.59 Å². The number of amides is 2. The Kier molecular flexibility index (Phi) is 6.05. The minimum atomic E-state index is -0.218. The van der Waals surface area contributed by atoms with Crippen LogP contribution >= 0.6 is 0 Å². The zero-order valence-corrected chi connectivity index (χ0v) is 19.2. The van der Waals surface area contributed by atoms with Gasteiger partial charge in [0.15, 0.2) is 0 Å². The molecule has 0 unspecified atom stereocenters. The number of amidine groups is 1.